The topological polar surface area (TPSA) is 81.4 Å². The Morgan fingerprint density at radius 3 is 2.45 bits per heavy atom. The summed E-state index contributed by atoms with van der Waals surface area (Å²) in [5.74, 6) is -1.00. The number of carboxylic acid groups (broad SMARTS) is 1. The summed E-state index contributed by atoms with van der Waals surface area (Å²) < 4.78 is 0. The molecule has 0 saturated carbocycles. The number of nitriles is 1. The van der Waals surface area contributed by atoms with Crippen LogP contribution in [0.2, 0.25) is 0 Å². The van der Waals surface area contributed by atoms with Crippen LogP contribution in [0.4, 0.5) is 0 Å². The number of rotatable bonds is 4. The predicted molar refractivity (Wildman–Crippen MR) is 81.2 cm³/mol. The molecule has 1 N–H and O–H groups in total. The molecule has 1 aliphatic rings. The molecule has 0 aromatic heterocycles. The second kappa shape index (κ2) is 6.18. The Morgan fingerprint density at radius 2 is 2.00 bits per heavy atom. The summed E-state index contributed by atoms with van der Waals surface area (Å²) in [5, 5.41) is 18.2. The number of carbonyl (C=O) groups is 2. The Balaban J connectivity index is 2.15. The molecule has 2 rings (SSSR count). The molecule has 1 aromatic rings. The van der Waals surface area contributed by atoms with Crippen molar-refractivity contribution in [1.82, 2.24) is 4.90 Å². The van der Waals surface area contributed by atoms with Gasteiger partial charge in [-0.15, -0.1) is 0 Å². The summed E-state index contributed by atoms with van der Waals surface area (Å²) in [6.45, 7) is 4.49. The number of amides is 1. The first-order chi connectivity index (χ1) is 10.4. The molecule has 1 aliphatic heterocycles. The maximum absolute atomic E-state index is 12.5. The van der Waals surface area contributed by atoms with Crippen molar-refractivity contribution in [2.24, 2.45) is 11.3 Å². The van der Waals surface area contributed by atoms with Crippen molar-refractivity contribution < 1.29 is 14.7 Å². The highest BCUT2D eigenvalue weighted by Crippen LogP contribution is 2.38. The minimum atomic E-state index is -0.851. The number of hydrogen-bond donors (Lipinski definition) is 1. The summed E-state index contributed by atoms with van der Waals surface area (Å²) in [6.07, 6.45) is 0.798. The molecule has 5 heteroatoms. The van der Waals surface area contributed by atoms with Gasteiger partial charge in [-0.1, -0.05) is 26.0 Å². The SMILES string of the molecule is CC(C)C1(C(=O)O)CCN(C(=O)c2ccc(CC#N)cc2)C1. The molecule has 1 amide bonds. The van der Waals surface area contributed by atoms with Gasteiger partial charge in [0.2, 0.25) is 0 Å². The second-order valence-corrected chi connectivity index (χ2v) is 6.12. The average molecular weight is 300 g/mol. The third-order valence-corrected chi connectivity index (χ3v) is 4.60. The van der Waals surface area contributed by atoms with Crippen LogP contribution in [0.1, 0.15) is 36.2 Å². The van der Waals surface area contributed by atoms with E-state index >= 15 is 0 Å². The van der Waals surface area contributed by atoms with E-state index in [1.165, 1.54) is 0 Å². The first kappa shape index (κ1) is 16.0. The number of carbonyl (C=O) groups excluding carboxylic acids is 1. The lowest BCUT2D eigenvalue weighted by Crippen LogP contribution is -2.40. The second-order valence-electron chi connectivity index (χ2n) is 6.12. The van der Waals surface area contributed by atoms with E-state index < -0.39 is 11.4 Å². The van der Waals surface area contributed by atoms with Gasteiger partial charge < -0.3 is 10.0 Å². The van der Waals surface area contributed by atoms with Crippen molar-refractivity contribution in [3.05, 3.63) is 35.4 Å². The van der Waals surface area contributed by atoms with E-state index in [1.54, 1.807) is 29.2 Å². The quantitative estimate of drug-likeness (QED) is 0.925. The van der Waals surface area contributed by atoms with Gasteiger partial charge in [0.1, 0.15) is 0 Å². The predicted octanol–water partition coefficient (Wildman–Crippen LogP) is 2.33. The highest BCUT2D eigenvalue weighted by atomic mass is 16.4. The fourth-order valence-corrected chi connectivity index (χ4v) is 2.94. The zero-order valence-electron chi connectivity index (χ0n) is 12.9. The Hall–Kier alpha value is -2.35. The fourth-order valence-electron chi connectivity index (χ4n) is 2.94. The Morgan fingerprint density at radius 1 is 1.36 bits per heavy atom. The monoisotopic (exact) mass is 300 g/mol. The number of aliphatic carboxylic acids is 1. The maximum atomic E-state index is 12.5. The van der Waals surface area contributed by atoms with Gasteiger partial charge in [-0.3, -0.25) is 9.59 Å². The third kappa shape index (κ3) is 2.82. The fraction of sp³-hybridized carbons (Fsp3) is 0.471. The summed E-state index contributed by atoms with van der Waals surface area (Å²) in [7, 11) is 0. The molecular weight excluding hydrogens is 280 g/mol. The molecule has 0 bridgehead atoms. The molecule has 1 atom stereocenters. The van der Waals surface area contributed by atoms with Crippen molar-refractivity contribution in [2.75, 3.05) is 13.1 Å². The average Bonchev–Trinajstić information content (AvgIpc) is 2.94. The molecule has 0 aliphatic carbocycles. The number of likely N-dealkylation sites (tertiary alicyclic amines) is 1. The molecule has 1 saturated heterocycles. The van der Waals surface area contributed by atoms with Gasteiger partial charge >= 0.3 is 5.97 Å². The minimum Gasteiger partial charge on any atom is -0.481 e. The zero-order valence-corrected chi connectivity index (χ0v) is 12.9. The summed E-state index contributed by atoms with van der Waals surface area (Å²) >= 11 is 0. The number of benzene rings is 1. The van der Waals surface area contributed by atoms with Crippen LogP contribution in [0.5, 0.6) is 0 Å². The van der Waals surface area contributed by atoms with E-state index in [0.717, 1.165) is 5.56 Å². The summed E-state index contributed by atoms with van der Waals surface area (Å²) in [6, 6.07) is 8.99. The van der Waals surface area contributed by atoms with Crippen LogP contribution >= 0.6 is 0 Å². The largest absolute Gasteiger partial charge is 0.481 e. The summed E-state index contributed by atoms with van der Waals surface area (Å²) in [4.78, 5) is 25.8. The van der Waals surface area contributed by atoms with E-state index in [9.17, 15) is 14.7 Å². The van der Waals surface area contributed by atoms with E-state index in [4.69, 9.17) is 5.26 Å². The van der Waals surface area contributed by atoms with Crippen LogP contribution < -0.4 is 0 Å². The van der Waals surface area contributed by atoms with Crippen molar-refractivity contribution in [3.63, 3.8) is 0 Å². The van der Waals surface area contributed by atoms with Gasteiger partial charge in [0, 0.05) is 18.7 Å². The van der Waals surface area contributed by atoms with Crippen LogP contribution in [0.3, 0.4) is 0 Å². The van der Waals surface area contributed by atoms with Gasteiger partial charge in [-0.05, 0) is 30.0 Å². The number of hydrogen-bond acceptors (Lipinski definition) is 3. The van der Waals surface area contributed by atoms with Crippen molar-refractivity contribution in [2.45, 2.75) is 26.7 Å². The molecule has 5 nitrogen and oxygen atoms in total. The summed E-state index contributed by atoms with van der Waals surface area (Å²) in [5.41, 5.74) is 0.547. The van der Waals surface area contributed by atoms with Gasteiger partial charge in [0.15, 0.2) is 0 Å². The van der Waals surface area contributed by atoms with Crippen LogP contribution in [0, 0.1) is 22.7 Å². The minimum absolute atomic E-state index is 0.0270. The lowest BCUT2D eigenvalue weighted by atomic mass is 9.76. The van der Waals surface area contributed by atoms with Gasteiger partial charge in [0.05, 0.1) is 17.9 Å². The van der Waals surface area contributed by atoms with Gasteiger partial charge in [-0.2, -0.15) is 5.26 Å². The molecule has 1 fully saturated rings. The molecule has 22 heavy (non-hydrogen) atoms. The normalized spacial score (nSPS) is 20.9. The van der Waals surface area contributed by atoms with Crippen LogP contribution in [-0.2, 0) is 11.2 Å². The number of nitrogens with zero attached hydrogens (tertiary/aromatic N) is 2. The lowest BCUT2D eigenvalue weighted by Gasteiger charge is -2.28. The highest BCUT2D eigenvalue weighted by Gasteiger charge is 2.48. The van der Waals surface area contributed by atoms with Crippen LogP contribution in [0.15, 0.2) is 24.3 Å². The smallest absolute Gasteiger partial charge is 0.311 e. The van der Waals surface area contributed by atoms with Crippen LogP contribution in [-0.4, -0.2) is 35.0 Å². The molecule has 0 radical (unpaired) electrons. The standard InChI is InChI=1S/C17H20N2O3/c1-12(2)17(16(21)22)8-10-19(11-17)15(20)14-5-3-13(4-6-14)7-9-18/h3-6,12H,7-8,10-11H2,1-2H3,(H,21,22). The van der Waals surface area contributed by atoms with Crippen molar-refractivity contribution in [3.8, 4) is 6.07 Å². The van der Waals surface area contributed by atoms with Crippen LogP contribution in [0.25, 0.3) is 0 Å². The van der Waals surface area contributed by atoms with E-state index in [2.05, 4.69) is 6.07 Å². The molecular formula is C17H20N2O3. The van der Waals surface area contributed by atoms with Gasteiger partial charge in [-0.25, -0.2) is 0 Å². The number of carboxylic acids is 1. The van der Waals surface area contributed by atoms with Gasteiger partial charge in [0.25, 0.3) is 5.91 Å². The molecule has 1 heterocycles. The third-order valence-electron chi connectivity index (χ3n) is 4.60. The lowest BCUT2D eigenvalue weighted by molar-refractivity contribution is -0.150. The Kier molecular flexibility index (Phi) is 4.51. The molecule has 116 valence electrons. The van der Waals surface area contributed by atoms with Crippen molar-refractivity contribution in [1.29, 1.82) is 5.26 Å². The highest BCUT2D eigenvalue weighted by molar-refractivity contribution is 5.95. The van der Waals surface area contributed by atoms with Crippen molar-refractivity contribution >= 4 is 11.9 Å². The Bertz CT molecular complexity index is 616. The van der Waals surface area contributed by atoms with E-state index in [0.29, 0.717) is 24.9 Å². The first-order valence-corrected chi connectivity index (χ1v) is 7.39. The van der Waals surface area contributed by atoms with E-state index in [-0.39, 0.29) is 18.4 Å². The van der Waals surface area contributed by atoms with E-state index in [1.807, 2.05) is 13.8 Å². The molecule has 1 aromatic carbocycles. The molecule has 1 unspecified atom stereocenters. The maximum Gasteiger partial charge on any atom is 0.311 e. The Labute approximate surface area is 130 Å². The first-order valence-electron chi connectivity index (χ1n) is 7.39. The molecule has 0 spiro atoms. The zero-order chi connectivity index (χ0) is 16.3.